The first-order chi connectivity index (χ1) is 6.79. The molecule has 15 heavy (non-hydrogen) atoms. The van der Waals surface area contributed by atoms with Crippen LogP contribution in [-0.4, -0.2) is 0 Å². The molecule has 2 N–H and O–H groups in total. The molecule has 0 fully saturated rings. The van der Waals surface area contributed by atoms with Crippen molar-refractivity contribution in [1.82, 2.24) is 0 Å². The van der Waals surface area contributed by atoms with Gasteiger partial charge in [0.1, 0.15) is 11.5 Å². The van der Waals surface area contributed by atoms with Crippen LogP contribution in [0.2, 0.25) is 0 Å². The Morgan fingerprint density at radius 3 is 2.27 bits per heavy atom. The van der Waals surface area contributed by atoms with Crippen molar-refractivity contribution in [3.05, 3.63) is 46.6 Å². The van der Waals surface area contributed by atoms with Crippen LogP contribution < -0.4 is 18.1 Å². The molecule has 4 heteroatoms. The molecule has 0 aliphatic heterocycles. The number of hydrogen-bond acceptors (Lipinski definition) is 2. The van der Waals surface area contributed by atoms with Gasteiger partial charge in [-0.25, -0.2) is 0 Å². The molecule has 2 nitrogen and oxygen atoms in total. The second kappa shape index (κ2) is 5.35. The Balaban J connectivity index is 0.00000112. The summed E-state index contributed by atoms with van der Waals surface area (Å²) in [6, 6.07) is 11.8. The fourth-order valence-electron chi connectivity index (χ4n) is 1.26. The predicted molar refractivity (Wildman–Crippen MR) is 59.7 cm³/mol. The lowest BCUT2D eigenvalue weighted by molar-refractivity contribution is -0.00000329. The second-order valence-electron chi connectivity index (χ2n) is 2.98. The number of rotatable bonds is 2. The van der Waals surface area contributed by atoms with E-state index in [4.69, 9.17) is 10.2 Å². The second-order valence-corrected chi connectivity index (χ2v) is 3.89. The van der Waals surface area contributed by atoms with Gasteiger partial charge in [0.05, 0.1) is 6.54 Å². The molecule has 1 aromatic heterocycles. The quantitative estimate of drug-likeness (QED) is 0.855. The number of halogens is 2. The summed E-state index contributed by atoms with van der Waals surface area (Å²) in [6.07, 6.45) is 0. The zero-order valence-corrected chi connectivity index (χ0v) is 10.3. The van der Waals surface area contributed by atoms with Crippen LogP contribution in [-0.2, 0) is 6.54 Å². The highest BCUT2D eigenvalue weighted by Crippen LogP contribution is 2.23. The van der Waals surface area contributed by atoms with Gasteiger partial charge in [-0.15, -0.1) is 0 Å². The third kappa shape index (κ3) is 2.84. The first kappa shape index (κ1) is 12.3. The molecule has 2 rings (SSSR count). The Morgan fingerprint density at radius 1 is 1.07 bits per heavy atom. The highest BCUT2D eigenvalue weighted by atomic mass is 79.9. The highest BCUT2D eigenvalue weighted by molar-refractivity contribution is 9.10. The number of furan rings is 1. The molecule has 0 aliphatic carbocycles. The zero-order valence-electron chi connectivity index (χ0n) is 7.91. The Bertz CT molecular complexity index is 424. The van der Waals surface area contributed by atoms with Gasteiger partial charge in [0.25, 0.3) is 0 Å². The molecule has 0 aliphatic rings. The van der Waals surface area contributed by atoms with Crippen LogP contribution in [0.25, 0.3) is 11.3 Å². The summed E-state index contributed by atoms with van der Waals surface area (Å²) in [5.74, 6) is 1.67. The van der Waals surface area contributed by atoms with Gasteiger partial charge in [-0.3, -0.25) is 0 Å². The number of hydrogen-bond donors (Lipinski definition) is 1. The summed E-state index contributed by atoms with van der Waals surface area (Å²) >= 11 is 3.39. The molecule has 0 radical (unpaired) electrons. The summed E-state index contributed by atoms with van der Waals surface area (Å²) in [5, 5.41) is 0. The molecule has 80 valence electrons. The van der Waals surface area contributed by atoms with E-state index in [1.54, 1.807) is 0 Å². The van der Waals surface area contributed by atoms with Crippen LogP contribution in [0.5, 0.6) is 0 Å². The maximum Gasteiger partial charge on any atom is 0.134 e. The average molecular weight is 288 g/mol. The van der Waals surface area contributed by atoms with Crippen LogP contribution in [0.1, 0.15) is 5.76 Å². The first-order valence-electron chi connectivity index (χ1n) is 4.34. The maximum atomic E-state index is 5.52. The standard InChI is InChI=1S/C11H10BrNO.ClH/c12-9-3-1-8(2-4-9)11-6-5-10(7-13)14-11;/h1-6H,7,13H2;1H/p-1. The zero-order chi connectivity index (χ0) is 9.97. The van der Waals surface area contributed by atoms with Gasteiger partial charge in [-0.05, 0) is 24.3 Å². The normalized spacial score (nSPS) is 9.73. The van der Waals surface area contributed by atoms with Crippen LogP contribution in [0.15, 0.2) is 45.3 Å². The van der Waals surface area contributed by atoms with E-state index in [1.165, 1.54) is 0 Å². The minimum atomic E-state index is 0. The van der Waals surface area contributed by atoms with E-state index in [9.17, 15) is 0 Å². The largest absolute Gasteiger partial charge is 1.00 e. The van der Waals surface area contributed by atoms with Crippen molar-refractivity contribution in [2.75, 3.05) is 0 Å². The van der Waals surface area contributed by atoms with Crippen molar-refractivity contribution in [2.24, 2.45) is 5.73 Å². The van der Waals surface area contributed by atoms with Crippen molar-refractivity contribution < 1.29 is 16.8 Å². The van der Waals surface area contributed by atoms with E-state index in [0.717, 1.165) is 21.6 Å². The average Bonchev–Trinajstić information content (AvgIpc) is 2.67. The first-order valence-corrected chi connectivity index (χ1v) is 5.13. The van der Waals surface area contributed by atoms with Gasteiger partial charge >= 0.3 is 0 Å². The van der Waals surface area contributed by atoms with E-state index in [1.807, 2.05) is 36.4 Å². The lowest BCUT2D eigenvalue weighted by Gasteiger charge is -1.96. The van der Waals surface area contributed by atoms with Gasteiger partial charge in [-0.1, -0.05) is 28.1 Å². The topological polar surface area (TPSA) is 39.2 Å². The summed E-state index contributed by atoms with van der Waals surface area (Å²) in [7, 11) is 0. The predicted octanol–water partition coefficient (Wildman–Crippen LogP) is 0.172. The monoisotopic (exact) mass is 286 g/mol. The number of nitrogens with two attached hydrogens (primary N) is 1. The summed E-state index contributed by atoms with van der Waals surface area (Å²) in [6.45, 7) is 0.441. The summed E-state index contributed by atoms with van der Waals surface area (Å²) in [5.41, 5.74) is 6.53. The molecule has 0 atom stereocenters. The van der Waals surface area contributed by atoms with Crippen molar-refractivity contribution in [1.29, 1.82) is 0 Å². The fraction of sp³-hybridized carbons (Fsp3) is 0.0909. The van der Waals surface area contributed by atoms with E-state index >= 15 is 0 Å². The lowest BCUT2D eigenvalue weighted by Crippen LogP contribution is -3.00. The van der Waals surface area contributed by atoms with Crippen LogP contribution >= 0.6 is 15.9 Å². The van der Waals surface area contributed by atoms with E-state index < -0.39 is 0 Å². The van der Waals surface area contributed by atoms with E-state index in [-0.39, 0.29) is 12.4 Å². The van der Waals surface area contributed by atoms with Crippen LogP contribution in [0.4, 0.5) is 0 Å². The van der Waals surface area contributed by atoms with E-state index in [2.05, 4.69) is 15.9 Å². The smallest absolute Gasteiger partial charge is 0.134 e. The van der Waals surface area contributed by atoms with Crippen LogP contribution in [0.3, 0.4) is 0 Å². The molecule has 1 heterocycles. The van der Waals surface area contributed by atoms with Crippen molar-refractivity contribution in [3.63, 3.8) is 0 Å². The molecule has 0 unspecified atom stereocenters. The van der Waals surface area contributed by atoms with Gasteiger partial charge in [0, 0.05) is 10.0 Å². The Morgan fingerprint density at radius 2 is 1.73 bits per heavy atom. The van der Waals surface area contributed by atoms with Crippen LogP contribution in [0, 0.1) is 0 Å². The molecule has 1 aromatic carbocycles. The third-order valence-corrected chi connectivity index (χ3v) is 2.52. The Labute approximate surface area is 103 Å². The molecule has 0 amide bonds. The minimum Gasteiger partial charge on any atom is -1.00 e. The molecule has 0 spiro atoms. The lowest BCUT2D eigenvalue weighted by atomic mass is 10.2. The van der Waals surface area contributed by atoms with Gasteiger partial charge in [0.15, 0.2) is 0 Å². The summed E-state index contributed by atoms with van der Waals surface area (Å²) < 4.78 is 6.58. The van der Waals surface area contributed by atoms with Crippen molar-refractivity contribution >= 4 is 15.9 Å². The van der Waals surface area contributed by atoms with E-state index in [0.29, 0.717) is 6.54 Å². The Hall–Kier alpha value is -0.770. The summed E-state index contributed by atoms with van der Waals surface area (Å²) in [4.78, 5) is 0. The molecular weight excluding hydrogens is 277 g/mol. The van der Waals surface area contributed by atoms with Crippen molar-refractivity contribution in [2.45, 2.75) is 6.54 Å². The molecular formula is C11H10BrClNO-. The maximum absolute atomic E-state index is 5.52. The van der Waals surface area contributed by atoms with Crippen molar-refractivity contribution in [3.8, 4) is 11.3 Å². The molecule has 0 bridgehead atoms. The highest BCUT2D eigenvalue weighted by Gasteiger charge is 2.02. The minimum absolute atomic E-state index is 0. The molecule has 2 aromatic rings. The van der Waals surface area contributed by atoms with Gasteiger partial charge in [0.2, 0.25) is 0 Å². The van der Waals surface area contributed by atoms with Gasteiger partial charge < -0.3 is 22.6 Å². The SMILES string of the molecule is NCc1ccc(-c2ccc(Br)cc2)o1.[Cl-]. The third-order valence-electron chi connectivity index (χ3n) is 1.99. The fourth-order valence-corrected chi connectivity index (χ4v) is 1.52. The molecule has 0 saturated carbocycles. The molecule has 0 saturated heterocycles. The van der Waals surface area contributed by atoms with Gasteiger partial charge in [-0.2, -0.15) is 0 Å². The number of benzene rings is 1. The Kier molecular flexibility index (Phi) is 4.39.